The van der Waals surface area contributed by atoms with Gasteiger partial charge in [-0.25, -0.2) is 0 Å². The zero-order chi connectivity index (χ0) is 12.5. The molecule has 1 aliphatic heterocycles. The van der Waals surface area contributed by atoms with E-state index in [0.717, 1.165) is 11.3 Å². The molecule has 2 N–H and O–H groups in total. The van der Waals surface area contributed by atoms with Gasteiger partial charge in [-0.3, -0.25) is 0 Å². The second kappa shape index (κ2) is 4.42. The second-order valence-electron chi connectivity index (χ2n) is 4.53. The largest absolute Gasteiger partial charge is 0.492 e. The Kier molecular flexibility index (Phi) is 2.76. The van der Waals surface area contributed by atoms with Gasteiger partial charge in [0.15, 0.2) is 5.82 Å². The molecule has 0 spiro atoms. The van der Waals surface area contributed by atoms with E-state index in [4.69, 9.17) is 15.0 Å². The molecule has 2 heterocycles. The van der Waals surface area contributed by atoms with Gasteiger partial charge in [0, 0.05) is 18.0 Å². The third-order valence-corrected chi connectivity index (χ3v) is 3.24. The molecule has 0 fully saturated rings. The quantitative estimate of drug-likeness (QED) is 0.890. The van der Waals surface area contributed by atoms with E-state index >= 15 is 0 Å². The van der Waals surface area contributed by atoms with Crippen molar-refractivity contribution >= 4 is 0 Å². The fourth-order valence-electron chi connectivity index (χ4n) is 2.07. The molecular formula is C13H15N3O2. The highest BCUT2D eigenvalue weighted by atomic mass is 16.5. The highest BCUT2D eigenvalue weighted by Crippen LogP contribution is 2.36. The molecule has 0 radical (unpaired) electrons. The van der Waals surface area contributed by atoms with E-state index < -0.39 is 0 Å². The Hall–Kier alpha value is -1.88. The molecule has 1 aromatic carbocycles. The number of hydrogen-bond donors (Lipinski definition) is 1. The highest BCUT2D eigenvalue weighted by molar-refractivity contribution is 5.42. The third kappa shape index (κ3) is 1.76. The van der Waals surface area contributed by atoms with Crippen LogP contribution in [0.4, 0.5) is 0 Å². The molecule has 18 heavy (non-hydrogen) atoms. The molecule has 94 valence electrons. The summed E-state index contributed by atoms with van der Waals surface area (Å²) in [5.41, 5.74) is 6.71. The van der Waals surface area contributed by atoms with Crippen molar-refractivity contribution < 1.29 is 9.26 Å². The second-order valence-corrected chi connectivity index (χ2v) is 4.53. The normalized spacial score (nSPS) is 19.3. The van der Waals surface area contributed by atoms with Crippen LogP contribution in [0.5, 0.6) is 5.75 Å². The van der Waals surface area contributed by atoms with Crippen LogP contribution in [0.15, 0.2) is 28.8 Å². The molecule has 0 saturated carbocycles. The van der Waals surface area contributed by atoms with Gasteiger partial charge in [0.25, 0.3) is 0 Å². The van der Waals surface area contributed by atoms with Gasteiger partial charge in [0.1, 0.15) is 12.4 Å². The van der Waals surface area contributed by atoms with E-state index in [0.29, 0.717) is 24.9 Å². The summed E-state index contributed by atoms with van der Waals surface area (Å²) in [5.74, 6) is 2.32. The van der Waals surface area contributed by atoms with E-state index in [9.17, 15) is 0 Å². The van der Waals surface area contributed by atoms with Crippen LogP contribution in [-0.4, -0.2) is 23.3 Å². The SMILES string of the molecule is CC(CN)c1nc(C2COc3ccccc32)no1. The molecular weight excluding hydrogens is 230 g/mol. The minimum absolute atomic E-state index is 0.0590. The molecule has 5 heteroatoms. The lowest BCUT2D eigenvalue weighted by molar-refractivity contribution is 0.329. The average Bonchev–Trinajstić information content (AvgIpc) is 3.03. The molecule has 1 aromatic heterocycles. The van der Waals surface area contributed by atoms with Crippen molar-refractivity contribution in [3.05, 3.63) is 41.5 Å². The number of nitrogens with zero attached hydrogens (tertiary/aromatic N) is 2. The summed E-state index contributed by atoms with van der Waals surface area (Å²) < 4.78 is 10.9. The Bertz CT molecular complexity index is 553. The maximum absolute atomic E-state index is 5.62. The average molecular weight is 245 g/mol. The Morgan fingerprint density at radius 1 is 1.44 bits per heavy atom. The third-order valence-electron chi connectivity index (χ3n) is 3.24. The zero-order valence-electron chi connectivity index (χ0n) is 10.2. The van der Waals surface area contributed by atoms with E-state index in [-0.39, 0.29) is 11.8 Å². The minimum atomic E-state index is 0.0590. The van der Waals surface area contributed by atoms with Crippen LogP contribution in [0.25, 0.3) is 0 Å². The van der Waals surface area contributed by atoms with Gasteiger partial charge in [-0.15, -0.1) is 0 Å². The molecule has 1 aliphatic rings. The number of para-hydroxylation sites is 1. The Morgan fingerprint density at radius 3 is 3.11 bits per heavy atom. The first kappa shape index (κ1) is 11.2. The fraction of sp³-hybridized carbons (Fsp3) is 0.385. The van der Waals surface area contributed by atoms with Gasteiger partial charge in [-0.1, -0.05) is 30.3 Å². The number of aromatic nitrogens is 2. The lowest BCUT2D eigenvalue weighted by Crippen LogP contribution is -2.10. The predicted molar refractivity (Wildman–Crippen MR) is 65.5 cm³/mol. The van der Waals surface area contributed by atoms with Crippen LogP contribution in [0.3, 0.4) is 0 Å². The summed E-state index contributed by atoms with van der Waals surface area (Å²) >= 11 is 0. The predicted octanol–water partition coefficient (Wildman–Crippen LogP) is 1.66. The number of fused-ring (bicyclic) bond motifs is 1. The van der Waals surface area contributed by atoms with Crippen LogP contribution < -0.4 is 10.5 Å². The number of benzene rings is 1. The summed E-state index contributed by atoms with van der Waals surface area (Å²) in [6.45, 7) is 3.03. The standard InChI is InChI=1S/C13H15N3O2/c1-8(6-14)13-15-12(16-18-13)10-7-17-11-5-3-2-4-9(10)11/h2-5,8,10H,6-7,14H2,1H3. The van der Waals surface area contributed by atoms with Gasteiger partial charge >= 0.3 is 0 Å². The van der Waals surface area contributed by atoms with E-state index in [1.807, 2.05) is 31.2 Å². The van der Waals surface area contributed by atoms with E-state index in [2.05, 4.69) is 10.1 Å². The number of rotatable bonds is 3. The van der Waals surface area contributed by atoms with Crippen molar-refractivity contribution in [1.82, 2.24) is 10.1 Å². The number of hydrogen-bond acceptors (Lipinski definition) is 5. The van der Waals surface area contributed by atoms with Crippen molar-refractivity contribution in [3.63, 3.8) is 0 Å². The number of ether oxygens (including phenoxy) is 1. The molecule has 0 amide bonds. The smallest absolute Gasteiger partial charge is 0.230 e. The maximum atomic E-state index is 5.62. The Balaban J connectivity index is 1.91. The summed E-state index contributed by atoms with van der Waals surface area (Å²) in [6.07, 6.45) is 0. The molecule has 5 nitrogen and oxygen atoms in total. The minimum Gasteiger partial charge on any atom is -0.492 e. The Labute approximate surface area is 105 Å². The summed E-state index contributed by atoms with van der Waals surface area (Å²) in [6, 6.07) is 7.94. The van der Waals surface area contributed by atoms with E-state index in [1.54, 1.807) is 0 Å². The van der Waals surface area contributed by atoms with Crippen LogP contribution in [0.2, 0.25) is 0 Å². The molecule has 3 rings (SSSR count). The topological polar surface area (TPSA) is 74.2 Å². The molecule has 2 atom stereocenters. The van der Waals surface area contributed by atoms with Gasteiger partial charge in [0.2, 0.25) is 5.89 Å². The van der Waals surface area contributed by atoms with E-state index in [1.165, 1.54) is 0 Å². The van der Waals surface area contributed by atoms with Gasteiger partial charge < -0.3 is 15.0 Å². The fourth-order valence-corrected chi connectivity index (χ4v) is 2.07. The summed E-state index contributed by atoms with van der Waals surface area (Å²) in [7, 11) is 0. The van der Waals surface area contributed by atoms with Gasteiger partial charge in [0.05, 0.1) is 5.92 Å². The van der Waals surface area contributed by atoms with Gasteiger partial charge in [-0.05, 0) is 6.07 Å². The Morgan fingerprint density at radius 2 is 2.28 bits per heavy atom. The lowest BCUT2D eigenvalue weighted by atomic mass is 10.0. The summed E-state index contributed by atoms with van der Waals surface area (Å²) in [4.78, 5) is 4.42. The lowest BCUT2D eigenvalue weighted by Gasteiger charge is -2.02. The monoisotopic (exact) mass is 245 g/mol. The first-order chi connectivity index (χ1) is 8.79. The first-order valence-corrected chi connectivity index (χ1v) is 6.05. The molecule has 0 bridgehead atoms. The first-order valence-electron chi connectivity index (χ1n) is 6.05. The van der Waals surface area contributed by atoms with Crippen molar-refractivity contribution in [2.45, 2.75) is 18.8 Å². The summed E-state index contributed by atoms with van der Waals surface area (Å²) in [5, 5.41) is 4.04. The number of nitrogens with two attached hydrogens (primary N) is 1. The van der Waals surface area contributed by atoms with Crippen molar-refractivity contribution in [1.29, 1.82) is 0 Å². The van der Waals surface area contributed by atoms with Crippen molar-refractivity contribution in [2.75, 3.05) is 13.2 Å². The molecule has 0 saturated heterocycles. The van der Waals surface area contributed by atoms with Crippen molar-refractivity contribution in [3.8, 4) is 5.75 Å². The van der Waals surface area contributed by atoms with Crippen molar-refractivity contribution in [2.24, 2.45) is 5.73 Å². The maximum Gasteiger partial charge on any atom is 0.230 e. The highest BCUT2D eigenvalue weighted by Gasteiger charge is 2.29. The van der Waals surface area contributed by atoms with Crippen LogP contribution >= 0.6 is 0 Å². The molecule has 0 aliphatic carbocycles. The molecule has 2 aromatic rings. The van der Waals surface area contributed by atoms with Gasteiger partial charge in [-0.2, -0.15) is 4.98 Å². The van der Waals surface area contributed by atoms with Crippen LogP contribution in [0, 0.1) is 0 Å². The molecule has 2 unspecified atom stereocenters. The van der Waals surface area contributed by atoms with Crippen LogP contribution in [0.1, 0.15) is 36.0 Å². The van der Waals surface area contributed by atoms with Crippen LogP contribution in [-0.2, 0) is 0 Å². The zero-order valence-corrected chi connectivity index (χ0v) is 10.2.